The van der Waals surface area contributed by atoms with Crippen LogP contribution < -0.4 is 0 Å². The summed E-state index contributed by atoms with van der Waals surface area (Å²) in [6.45, 7) is 8.37. The number of hydrogen-bond donors (Lipinski definition) is 0. The van der Waals surface area contributed by atoms with Crippen LogP contribution in [0.4, 0.5) is 0 Å². The monoisotopic (exact) mass is 307 g/mol. The summed E-state index contributed by atoms with van der Waals surface area (Å²) in [4.78, 5) is 2.49. The van der Waals surface area contributed by atoms with Gasteiger partial charge in [0, 0.05) is 13.2 Å². The summed E-state index contributed by atoms with van der Waals surface area (Å²) < 4.78 is 11.8. The first kappa shape index (κ1) is 17.6. The lowest BCUT2D eigenvalue weighted by atomic mass is 10.1. The quantitative estimate of drug-likeness (QED) is 0.474. The lowest BCUT2D eigenvalue weighted by Gasteiger charge is -2.30. The molecule has 1 aliphatic rings. The third-order valence-corrected chi connectivity index (χ3v) is 5.38. The van der Waals surface area contributed by atoms with Crippen molar-refractivity contribution in [1.82, 2.24) is 4.90 Å². The van der Waals surface area contributed by atoms with E-state index in [1.807, 2.05) is 6.66 Å². The van der Waals surface area contributed by atoms with E-state index < -0.39 is 6.49 Å². The van der Waals surface area contributed by atoms with Crippen LogP contribution in [0.1, 0.15) is 52.4 Å². The van der Waals surface area contributed by atoms with Gasteiger partial charge in [-0.25, -0.2) is 0 Å². The van der Waals surface area contributed by atoms with E-state index in [0.29, 0.717) is 0 Å². The second-order valence-electron chi connectivity index (χ2n) is 5.59. The first-order valence-electron chi connectivity index (χ1n) is 7.66. The summed E-state index contributed by atoms with van der Waals surface area (Å²) in [5.41, 5.74) is 0. The third kappa shape index (κ3) is 8.41. The van der Waals surface area contributed by atoms with Crippen molar-refractivity contribution in [2.75, 3.05) is 32.9 Å². The molecule has 1 aliphatic heterocycles. The highest BCUT2D eigenvalue weighted by molar-refractivity contribution is 8.09. The van der Waals surface area contributed by atoms with Crippen molar-refractivity contribution in [1.29, 1.82) is 0 Å². The predicted octanol–water partition coefficient (Wildman–Crippen LogP) is 4.02. The molecule has 0 amide bonds. The molecule has 0 spiro atoms. The average Bonchev–Trinajstić information content (AvgIpc) is 2.35. The van der Waals surface area contributed by atoms with Gasteiger partial charge in [-0.3, -0.25) is 0 Å². The molecular formula is C14H30NO2PS. The third-order valence-electron chi connectivity index (χ3n) is 3.41. The van der Waals surface area contributed by atoms with E-state index in [1.165, 1.54) is 45.2 Å². The van der Waals surface area contributed by atoms with Gasteiger partial charge in [0.1, 0.15) is 0 Å². The van der Waals surface area contributed by atoms with Crippen molar-refractivity contribution in [3.63, 3.8) is 0 Å². The van der Waals surface area contributed by atoms with Gasteiger partial charge >= 0.3 is 0 Å². The minimum atomic E-state index is -2.05. The van der Waals surface area contributed by atoms with Gasteiger partial charge < -0.3 is 13.9 Å². The molecule has 1 heterocycles. The van der Waals surface area contributed by atoms with Crippen LogP contribution in [0.5, 0.6) is 0 Å². The van der Waals surface area contributed by atoms with Crippen molar-refractivity contribution in [2.45, 2.75) is 58.5 Å². The van der Waals surface area contributed by atoms with E-state index in [9.17, 15) is 0 Å². The molecule has 1 saturated heterocycles. The first-order valence-corrected chi connectivity index (χ1v) is 10.7. The van der Waals surface area contributed by atoms with Crippen molar-refractivity contribution in [3.8, 4) is 0 Å². The number of unbranched alkanes of at least 4 members (excludes halogenated alkanes) is 2. The van der Waals surface area contributed by atoms with Crippen LogP contribution >= 0.6 is 6.49 Å². The predicted molar refractivity (Wildman–Crippen MR) is 86.5 cm³/mol. The molecule has 3 nitrogen and oxygen atoms in total. The Kier molecular flexibility index (Phi) is 8.76. The zero-order chi connectivity index (χ0) is 14.1. The number of nitrogens with zero attached hydrogens (tertiary/aromatic N) is 1. The van der Waals surface area contributed by atoms with Crippen LogP contribution in [0.2, 0.25) is 0 Å². The van der Waals surface area contributed by atoms with Gasteiger partial charge in [-0.05, 0) is 51.1 Å². The largest absolute Gasteiger partial charge is 0.329 e. The minimum Gasteiger partial charge on any atom is -0.329 e. The molecular weight excluding hydrogens is 277 g/mol. The first-order chi connectivity index (χ1) is 9.03. The van der Waals surface area contributed by atoms with Gasteiger partial charge in [-0.2, -0.15) is 0 Å². The minimum absolute atomic E-state index is 0.181. The van der Waals surface area contributed by atoms with Crippen LogP contribution in [0.15, 0.2) is 0 Å². The maximum Gasteiger partial charge on any atom is 0.185 e. The molecule has 0 aromatic rings. The molecule has 1 rings (SSSR count). The molecule has 0 aromatic heterocycles. The molecule has 0 radical (unpaired) electrons. The van der Waals surface area contributed by atoms with E-state index in [0.717, 1.165) is 19.6 Å². The Morgan fingerprint density at radius 1 is 1.21 bits per heavy atom. The fourth-order valence-electron chi connectivity index (χ4n) is 2.48. The van der Waals surface area contributed by atoms with Gasteiger partial charge in [-0.15, -0.1) is 0 Å². The molecule has 1 fully saturated rings. The molecule has 5 heteroatoms. The molecule has 2 unspecified atom stereocenters. The molecule has 0 N–H and O–H groups in total. The van der Waals surface area contributed by atoms with Crippen LogP contribution in [0.25, 0.3) is 0 Å². The Labute approximate surface area is 124 Å². The Morgan fingerprint density at radius 2 is 1.89 bits per heavy atom. The maximum atomic E-state index is 5.98. The number of rotatable bonds is 9. The van der Waals surface area contributed by atoms with Crippen molar-refractivity contribution in [2.24, 2.45) is 0 Å². The van der Waals surface area contributed by atoms with Crippen molar-refractivity contribution < 1.29 is 9.05 Å². The Balaban J connectivity index is 2.20. The fraction of sp³-hybridized carbons (Fsp3) is 1.00. The van der Waals surface area contributed by atoms with E-state index in [4.69, 9.17) is 20.9 Å². The van der Waals surface area contributed by atoms with E-state index in [2.05, 4.69) is 18.7 Å². The van der Waals surface area contributed by atoms with E-state index >= 15 is 0 Å². The van der Waals surface area contributed by atoms with Gasteiger partial charge in [0.25, 0.3) is 0 Å². The number of hydrogen-bond acceptors (Lipinski definition) is 4. The lowest BCUT2D eigenvalue weighted by molar-refractivity contribution is 0.123. The van der Waals surface area contributed by atoms with E-state index in [1.54, 1.807) is 0 Å². The van der Waals surface area contributed by atoms with E-state index in [-0.39, 0.29) is 6.10 Å². The zero-order valence-electron chi connectivity index (χ0n) is 12.8. The second kappa shape index (κ2) is 9.46. The summed E-state index contributed by atoms with van der Waals surface area (Å²) in [5.74, 6) is 0. The van der Waals surface area contributed by atoms with Crippen LogP contribution in [-0.2, 0) is 20.9 Å². The van der Waals surface area contributed by atoms with Gasteiger partial charge in [0.2, 0.25) is 0 Å². The summed E-state index contributed by atoms with van der Waals surface area (Å²) in [5, 5.41) is 0. The van der Waals surface area contributed by atoms with Crippen LogP contribution in [-0.4, -0.2) is 43.9 Å². The molecule has 0 bridgehead atoms. The standard InChI is InChI=1S/C14H30NO2PS/c1-4-5-9-12-16-18(3,19)17-14(2)13-15-10-7-6-8-11-15/h14H,4-13H2,1-3H3. The van der Waals surface area contributed by atoms with Crippen LogP contribution in [0.3, 0.4) is 0 Å². The highest BCUT2D eigenvalue weighted by atomic mass is 32.5. The molecule has 19 heavy (non-hydrogen) atoms. The fourth-order valence-corrected chi connectivity index (χ4v) is 4.39. The van der Waals surface area contributed by atoms with Crippen molar-refractivity contribution in [3.05, 3.63) is 0 Å². The summed E-state index contributed by atoms with van der Waals surface area (Å²) >= 11 is 5.49. The summed E-state index contributed by atoms with van der Waals surface area (Å²) in [6.07, 6.45) is 7.70. The molecule has 114 valence electrons. The maximum absolute atomic E-state index is 5.98. The van der Waals surface area contributed by atoms with Crippen LogP contribution in [0, 0.1) is 0 Å². The number of likely N-dealkylation sites (tertiary alicyclic amines) is 1. The molecule has 0 aromatic carbocycles. The highest BCUT2D eigenvalue weighted by Gasteiger charge is 2.19. The lowest BCUT2D eigenvalue weighted by Crippen LogP contribution is -2.36. The SMILES string of the molecule is CCCCCOP(C)(=S)OC(C)CN1CCCCC1. The topological polar surface area (TPSA) is 21.7 Å². The average molecular weight is 307 g/mol. The Bertz CT molecular complexity index is 283. The Hall–Kier alpha value is 0.530. The highest BCUT2D eigenvalue weighted by Crippen LogP contribution is 2.45. The van der Waals surface area contributed by atoms with Gasteiger partial charge in [0.05, 0.1) is 12.7 Å². The molecule has 0 saturated carbocycles. The molecule has 2 atom stereocenters. The number of piperidine rings is 1. The molecule has 0 aliphatic carbocycles. The smallest absolute Gasteiger partial charge is 0.185 e. The summed E-state index contributed by atoms with van der Waals surface area (Å²) in [6, 6.07) is 0. The Morgan fingerprint density at radius 3 is 2.53 bits per heavy atom. The van der Waals surface area contributed by atoms with Gasteiger partial charge in [-0.1, -0.05) is 26.2 Å². The zero-order valence-corrected chi connectivity index (χ0v) is 14.5. The normalized spacial score (nSPS) is 22.1. The summed E-state index contributed by atoms with van der Waals surface area (Å²) in [7, 11) is 0. The van der Waals surface area contributed by atoms with Crippen molar-refractivity contribution >= 4 is 18.3 Å². The van der Waals surface area contributed by atoms with Gasteiger partial charge in [0.15, 0.2) is 6.49 Å². The second-order valence-corrected chi connectivity index (χ2v) is 9.59.